The number of sulfonamides is 1. The first kappa shape index (κ1) is 40.1. The number of anilines is 3. The molecule has 1 fully saturated rings. The molecular weight excluding hydrogens is 772 g/mol. The maximum Gasteiger partial charge on any atom is 0.263 e. The summed E-state index contributed by atoms with van der Waals surface area (Å²) in [6.45, 7) is 5.05. The Kier molecular flexibility index (Phi) is 12.9. The van der Waals surface area contributed by atoms with Crippen molar-refractivity contribution in [2.75, 3.05) is 67.5 Å². The van der Waals surface area contributed by atoms with Crippen molar-refractivity contribution in [3.05, 3.63) is 138 Å². The van der Waals surface area contributed by atoms with Crippen LogP contribution in [0.4, 0.5) is 17.2 Å². The van der Waals surface area contributed by atoms with Gasteiger partial charge < -0.3 is 15.1 Å². The molecule has 1 aliphatic heterocycles. The van der Waals surface area contributed by atoms with Gasteiger partial charge in [-0.25, -0.2) is 18.4 Å². The molecule has 1 aliphatic rings. The van der Waals surface area contributed by atoms with E-state index in [-0.39, 0.29) is 22.3 Å². The standard InChI is InChI=1S/C44H45ClN8O2S2/c1-51(2)20-19-36(30-56-38-11-7-4-8-12-38)49-42-18-15-39(26-33(42)28-46)57(54,55)50-44-41-17-14-37(27-43(41)47-31-48-44)53-23-21-52(22-24-53)29-34-25-35(45)13-16-40(34)32-9-5-3-6-10-32/h3-18,25-27,31,36,49H,19-24,29-30H2,1-2H3,(H,47,48,50)/t36-/m1/s1. The van der Waals surface area contributed by atoms with Gasteiger partial charge in [0.1, 0.15) is 12.4 Å². The largest absolute Gasteiger partial charge is 0.380 e. The van der Waals surface area contributed by atoms with E-state index in [4.69, 9.17) is 11.6 Å². The number of nitriles is 1. The van der Waals surface area contributed by atoms with Crippen LogP contribution in [0.25, 0.3) is 22.0 Å². The second-order valence-corrected chi connectivity index (χ2v) is 17.5. The van der Waals surface area contributed by atoms with E-state index in [1.807, 2.05) is 62.6 Å². The van der Waals surface area contributed by atoms with Crippen LogP contribution in [0, 0.1) is 11.3 Å². The van der Waals surface area contributed by atoms with Crippen molar-refractivity contribution in [1.82, 2.24) is 19.8 Å². The van der Waals surface area contributed by atoms with Crippen LogP contribution in [0.1, 0.15) is 17.5 Å². The van der Waals surface area contributed by atoms with Crippen LogP contribution in [0.2, 0.25) is 5.02 Å². The Morgan fingerprint density at radius 3 is 2.39 bits per heavy atom. The molecule has 10 nitrogen and oxygen atoms in total. The number of piperazine rings is 1. The fourth-order valence-corrected chi connectivity index (χ4v) is 9.20. The van der Waals surface area contributed by atoms with Crippen molar-refractivity contribution in [2.45, 2.75) is 28.8 Å². The zero-order valence-electron chi connectivity index (χ0n) is 32.0. The van der Waals surface area contributed by atoms with Gasteiger partial charge in [-0.05, 0) is 104 Å². The Morgan fingerprint density at radius 1 is 0.895 bits per heavy atom. The van der Waals surface area contributed by atoms with Crippen LogP contribution < -0.4 is 14.9 Å². The third kappa shape index (κ3) is 10.2. The van der Waals surface area contributed by atoms with E-state index in [0.717, 1.165) is 67.0 Å². The van der Waals surface area contributed by atoms with Crippen molar-refractivity contribution in [3.8, 4) is 17.2 Å². The van der Waals surface area contributed by atoms with Gasteiger partial charge in [0.25, 0.3) is 10.0 Å². The molecule has 0 amide bonds. The first-order chi connectivity index (χ1) is 27.6. The molecule has 13 heteroatoms. The number of fused-ring (bicyclic) bond motifs is 1. The lowest BCUT2D eigenvalue weighted by molar-refractivity contribution is 0.250. The van der Waals surface area contributed by atoms with E-state index < -0.39 is 10.0 Å². The second kappa shape index (κ2) is 18.4. The van der Waals surface area contributed by atoms with Gasteiger partial charge in [0.2, 0.25) is 0 Å². The van der Waals surface area contributed by atoms with E-state index in [0.29, 0.717) is 16.6 Å². The molecule has 0 spiro atoms. The third-order valence-corrected chi connectivity index (χ3v) is 12.8. The molecule has 0 aliphatic carbocycles. The molecule has 292 valence electrons. The second-order valence-electron chi connectivity index (χ2n) is 14.3. The number of hydrogen-bond donors (Lipinski definition) is 2. The van der Waals surface area contributed by atoms with Crippen LogP contribution in [0.15, 0.2) is 131 Å². The highest BCUT2D eigenvalue weighted by molar-refractivity contribution is 7.99. The summed E-state index contributed by atoms with van der Waals surface area (Å²) in [6, 6.07) is 39.4. The molecule has 6 aromatic rings. The van der Waals surface area contributed by atoms with E-state index in [1.54, 1.807) is 17.8 Å². The van der Waals surface area contributed by atoms with Gasteiger partial charge in [-0.15, -0.1) is 11.8 Å². The zero-order chi connectivity index (χ0) is 39.8. The number of halogens is 1. The van der Waals surface area contributed by atoms with Crippen LogP contribution in [-0.4, -0.2) is 86.8 Å². The molecule has 0 radical (unpaired) electrons. The van der Waals surface area contributed by atoms with Crippen LogP contribution in [-0.2, 0) is 16.6 Å². The minimum Gasteiger partial charge on any atom is -0.380 e. The highest BCUT2D eigenvalue weighted by Crippen LogP contribution is 2.31. The van der Waals surface area contributed by atoms with Gasteiger partial charge in [-0.3, -0.25) is 9.62 Å². The molecule has 57 heavy (non-hydrogen) atoms. The fraction of sp³-hybridized carbons (Fsp3) is 0.250. The molecule has 2 heterocycles. The molecule has 0 bridgehead atoms. The number of rotatable bonds is 15. The van der Waals surface area contributed by atoms with Crippen LogP contribution in [0.3, 0.4) is 0 Å². The molecule has 1 atom stereocenters. The van der Waals surface area contributed by atoms with Crippen molar-refractivity contribution < 1.29 is 8.42 Å². The molecule has 0 unspecified atom stereocenters. The van der Waals surface area contributed by atoms with Gasteiger partial charge in [0.15, 0.2) is 5.82 Å². The summed E-state index contributed by atoms with van der Waals surface area (Å²) >= 11 is 8.17. The lowest BCUT2D eigenvalue weighted by Gasteiger charge is -2.36. The van der Waals surface area contributed by atoms with Crippen LogP contribution in [0.5, 0.6) is 0 Å². The van der Waals surface area contributed by atoms with Gasteiger partial charge in [-0.1, -0.05) is 66.2 Å². The fourth-order valence-electron chi connectivity index (χ4n) is 6.96. The first-order valence-electron chi connectivity index (χ1n) is 18.9. The third-order valence-electron chi connectivity index (χ3n) is 10.0. The molecule has 7 rings (SSSR count). The van der Waals surface area contributed by atoms with Gasteiger partial charge in [0.05, 0.1) is 21.7 Å². The Balaban J connectivity index is 1.01. The Hall–Kier alpha value is -5.16. The van der Waals surface area contributed by atoms with Crippen LogP contribution >= 0.6 is 23.4 Å². The molecule has 0 saturated carbocycles. The van der Waals surface area contributed by atoms with Crippen molar-refractivity contribution >= 4 is 61.5 Å². The quantitative estimate of drug-likeness (QED) is 0.0978. The lowest BCUT2D eigenvalue weighted by Crippen LogP contribution is -2.46. The summed E-state index contributed by atoms with van der Waals surface area (Å²) < 4.78 is 30.2. The molecule has 5 aromatic carbocycles. The number of aromatic nitrogens is 2. The smallest absolute Gasteiger partial charge is 0.263 e. The first-order valence-corrected chi connectivity index (χ1v) is 21.7. The number of benzene rings is 5. The molecule has 2 N–H and O–H groups in total. The minimum atomic E-state index is -4.09. The highest BCUT2D eigenvalue weighted by Gasteiger charge is 2.22. The zero-order valence-corrected chi connectivity index (χ0v) is 34.4. The number of nitrogens with one attached hydrogen (secondary N) is 2. The molecule has 1 saturated heterocycles. The highest BCUT2D eigenvalue weighted by atomic mass is 35.5. The SMILES string of the molecule is CN(C)CC[C@H](CSc1ccccc1)Nc1ccc(S(=O)(=O)Nc2ncnc3cc(N4CCN(Cc5cc(Cl)ccc5-c5ccccc5)CC4)ccc23)cc1C#N. The summed E-state index contributed by atoms with van der Waals surface area (Å²) in [7, 11) is -0.0307. The Bertz CT molecular complexity index is 2460. The minimum absolute atomic E-state index is 0.0250. The summed E-state index contributed by atoms with van der Waals surface area (Å²) in [6.07, 6.45) is 2.21. The van der Waals surface area contributed by atoms with Crippen molar-refractivity contribution in [1.29, 1.82) is 5.26 Å². The number of nitrogens with zero attached hydrogens (tertiary/aromatic N) is 6. The van der Waals surface area contributed by atoms with Gasteiger partial charge in [-0.2, -0.15) is 5.26 Å². The predicted octanol–water partition coefficient (Wildman–Crippen LogP) is 8.47. The topological polar surface area (TPSA) is 117 Å². The van der Waals surface area contributed by atoms with E-state index >= 15 is 0 Å². The van der Waals surface area contributed by atoms with Crippen molar-refractivity contribution in [2.24, 2.45) is 0 Å². The Labute approximate surface area is 344 Å². The van der Waals surface area contributed by atoms with Gasteiger partial charge in [0, 0.05) is 65.5 Å². The maximum absolute atomic E-state index is 13.7. The van der Waals surface area contributed by atoms with E-state index in [1.165, 1.54) is 35.2 Å². The summed E-state index contributed by atoms with van der Waals surface area (Å²) in [4.78, 5) is 16.8. The average molecular weight is 817 g/mol. The van der Waals surface area contributed by atoms with Crippen molar-refractivity contribution in [3.63, 3.8) is 0 Å². The van der Waals surface area contributed by atoms with E-state index in [9.17, 15) is 13.7 Å². The van der Waals surface area contributed by atoms with Gasteiger partial charge >= 0.3 is 0 Å². The molecular formula is C44H45ClN8O2S2. The lowest BCUT2D eigenvalue weighted by atomic mass is 9.99. The number of hydrogen-bond acceptors (Lipinski definition) is 10. The summed E-state index contributed by atoms with van der Waals surface area (Å²) in [5, 5.41) is 14.9. The number of thioether (sulfide) groups is 1. The predicted molar refractivity (Wildman–Crippen MR) is 234 cm³/mol. The average Bonchev–Trinajstić information content (AvgIpc) is 3.22. The Morgan fingerprint density at radius 2 is 1.65 bits per heavy atom. The maximum atomic E-state index is 13.7. The normalized spacial score (nSPS) is 14.1. The monoisotopic (exact) mass is 816 g/mol. The summed E-state index contributed by atoms with van der Waals surface area (Å²) in [5.41, 5.74) is 6.05. The molecule has 1 aromatic heterocycles. The van der Waals surface area contributed by atoms with E-state index in [2.05, 4.69) is 89.3 Å². The summed E-state index contributed by atoms with van der Waals surface area (Å²) in [5.74, 6) is 0.956.